The van der Waals surface area contributed by atoms with Gasteiger partial charge in [-0.15, -0.1) is 0 Å². The highest BCUT2D eigenvalue weighted by atomic mass is 16.2. The summed E-state index contributed by atoms with van der Waals surface area (Å²) in [5.74, 6) is -0.842. The van der Waals surface area contributed by atoms with Gasteiger partial charge in [0.2, 0.25) is 11.8 Å². The normalized spacial score (nSPS) is 20.9. The van der Waals surface area contributed by atoms with Gasteiger partial charge in [0.15, 0.2) is 0 Å². The molecule has 1 fully saturated rings. The molecule has 1 aromatic rings. The predicted molar refractivity (Wildman–Crippen MR) is 80.0 cm³/mol. The third-order valence-corrected chi connectivity index (χ3v) is 4.04. The highest BCUT2D eigenvalue weighted by Crippen LogP contribution is 2.32. The number of anilines is 1. The van der Waals surface area contributed by atoms with Crippen LogP contribution in [-0.2, 0) is 16.1 Å². The van der Waals surface area contributed by atoms with Crippen LogP contribution >= 0.6 is 0 Å². The Morgan fingerprint density at radius 3 is 2.86 bits per heavy atom. The van der Waals surface area contributed by atoms with Gasteiger partial charge >= 0.3 is 0 Å². The Balaban J connectivity index is 1.84. The van der Waals surface area contributed by atoms with E-state index in [9.17, 15) is 14.4 Å². The number of nitrogens with zero attached hydrogens (tertiary/aromatic N) is 1. The van der Waals surface area contributed by atoms with Gasteiger partial charge in [0.05, 0.1) is 0 Å². The Labute approximate surface area is 127 Å². The van der Waals surface area contributed by atoms with E-state index in [0.717, 1.165) is 11.3 Å². The zero-order chi connectivity index (χ0) is 15.7. The number of hydrogen-bond donors (Lipinski definition) is 3. The summed E-state index contributed by atoms with van der Waals surface area (Å²) in [7, 11) is 0. The smallest absolute Gasteiger partial charge is 0.255 e. The number of imide groups is 1. The van der Waals surface area contributed by atoms with Crippen LogP contribution in [0.3, 0.4) is 0 Å². The second-order valence-corrected chi connectivity index (χ2v) is 5.45. The number of nitrogens with two attached hydrogens (primary N) is 1. The number of carbonyl (C=O) groups excluding carboxylic acids is 3. The average molecular weight is 302 g/mol. The summed E-state index contributed by atoms with van der Waals surface area (Å²) in [5.41, 5.74) is 7.85. The number of hydrogen-bond acceptors (Lipinski definition) is 5. The molecule has 1 atom stereocenters. The van der Waals surface area contributed by atoms with E-state index < -0.39 is 11.9 Å². The largest absolute Gasteiger partial charge is 0.383 e. The summed E-state index contributed by atoms with van der Waals surface area (Å²) in [6.07, 6.45) is 0.630. The van der Waals surface area contributed by atoms with Gasteiger partial charge in [-0.05, 0) is 18.6 Å². The van der Waals surface area contributed by atoms with E-state index in [2.05, 4.69) is 10.6 Å². The lowest BCUT2D eigenvalue weighted by atomic mass is 10.0. The summed E-state index contributed by atoms with van der Waals surface area (Å²) >= 11 is 0. The maximum atomic E-state index is 12.6. The number of rotatable bonds is 4. The van der Waals surface area contributed by atoms with Crippen molar-refractivity contribution in [3.8, 4) is 0 Å². The van der Waals surface area contributed by atoms with Crippen molar-refractivity contribution in [2.45, 2.75) is 25.4 Å². The van der Waals surface area contributed by atoms with Crippen LogP contribution in [0.2, 0.25) is 0 Å². The van der Waals surface area contributed by atoms with E-state index in [1.165, 1.54) is 0 Å². The number of fused-ring (bicyclic) bond motifs is 1. The molecule has 116 valence electrons. The van der Waals surface area contributed by atoms with Gasteiger partial charge in [0.25, 0.3) is 5.91 Å². The minimum absolute atomic E-state index is 0.166. The molecule has 0 aromatic heterocycles. The van der Waals surface area contributed by atoms with Crippen LogP contribution in [0, 0.1) is 0 Å². The van der Waals surface area contributed by atoms with E-state index in [-0.39, 0.29) is 18.2 Å². The van der Waals surface area contributed by atoms with Crippen LogP contribution in [0.5, 0.6) is 0 Å². The Morgan fingerprint density at radius 2 is 2.14 bits per heavy atom. The number of amides is 3. The van der Waals surface area contributed by atoms with Gasteiger partial charge in [-0.25, -0.2) is 0 Å². The second kappa shape index (κ2) is 5.76. The van der Waals surface area contributed by atoms with E-state index in [0.29, 0.717) is 31.6 Å². The molecule has 1 aromatic carbocycles. The maximum Gasteiger partial charge on any atom is 0.255 e. The molecule has 2 aliphatic rings. The molecule has 2 aliphatic heterocycles. The monoisotopic (exact) mass is 302 g/mol. The SMILES string of the molecule is NCCNc1cccc2c1CN(C1CCC(=O)NC1=O)C2=O. The van der Waals surface area contributed by atoms with Crippen molar-refractivity contribution in [2.24, 2.45) is 5.73 Å². The number of carbonyl (C=O) groups is 3. The first-order valence-corrected chi connectivity index (χ1v) is 7.32. The molecule has 4 N–H and O–H groups in total. The Kier molecular flexibility index (Phi) is 3.81. The van der Waals surface area contributed by atoms with Gasteiger partial charge in [-0.1, -0.05) is 6.07 Å². The molecule has 0 aliphatic carbocycles. The molecule has 1 saturated heterocycles. The molecule has 3 amide bonds. The molecule has 0 saturated carbocycles. The van der Waals surface area contributed by atoms with Crippen LogP contribution in [0.1, 0.15) is 28.8 Å². The van der Waals surface area contributed by atoms with E-state index in [1.807, 2.05) is 12.1 Å². The first kappa shape index (κ1) is 14.5. The van der Waals surface area contributed by atoms with Crippen molar-refractivity contribution in [1.29, 1.82) is 0 Å². The molecule has 22 heavy (non-hydrogen) atoms. The fourth-order valence-corrected chi connectivity index (χ4v) is 2.96. The molecule has 0 radical (unpaired) electrons. The highest BCUT2D eigenvalue weighted by Gasteiger charge is 2.39. The fourth-order valence-electron chi connectivity index (χ4n) is 2.96. The Morgan fingerprint density at radius 1 is 1.32 bits per heavy atom. The van der Waals surface area contributed by atoms with Gasteiger partial charge in [0, 0.05) is 42.9 Å². The van der Waals surface area contributed by atoms with E-state index >= 15 is 0 Å². The number of benzene rings is 1. The lowest BCUT2D eigenvalue weighted by molar-refractivity contribution is -0.136. The number of piperidine rings is 1. The first-order chi connectivity index (χ1) is 10.6. The van der Waals surface area contributed by atoms with Crippen LogP contribution in [-0.4, -0.2) is 41.8 Å². The minimum atomic E-state index is -0.583. The zero-order valence-corrected chi connectivity index (χ0v) is 12.1. The van der Waals surface area contributed by atoms with Gasteiger partial charge in [-0.3, -0.25) is 19.7 Å². The highest BCUT2D eigenvalue weighted by molar-refractivity contribution is 6.06. The van der Waals surface area contributed by atoms with Gasteiger partial charge < -0.3 is 16.0 Å². The molecule has 2 heterocycles. The Bertz CT molecular complexity index is 644. The number of nitrogens with one attached hydrogen (secondary N) is 2. The third kappa shape index (κ3) is 2.43. The van der Waals surface area contributed by atoms with Crippen molar-refractivity contribution >= 4 is 23.4 Å². The van der Waals surface area contributed by atoms with Crippen molar-refractivity contribution < 1.29 is 14.4 Å². The van der Waals surface area contributed by atoms with Crippen LogP contribution in [0.15, 0.2) is 18.2 Å². The predicted octanol–water partition coefficient (Wildman–Crippen LogP) is -0.182. The second-order valence-electron chi connectivity index (χ2n) is 5.45. The molecule has 7 heteroatoms. The van der Waals surface area contributed by atoms with Crippen molar-refractivity contribution in [3.63, 3.8) is 0 Å². The van der Waals surface area contributed by atoms with Crippen LogP contribution in [0.25, 0.3) is 0 Å². The summed E-state index contributed by atoms with van der Waals surface area (Å²) in [4.78, 5) is 37.3. The molecule has 0 bridgehead atoms. The summed E-state index contributed by atoms with van der Waals surface area (Å²) in [6.45, 7) is 1.48. The van der Waals surface area contributed by atoms with Crippen molar-refractivity contribution in [2.75, 3.05) is 18.4 Å². The quantitative estimate of drug-likeness (QED) is 0.669. The maximum absolute atomic E-state index is 12.6. The van der Waals surface area contributed by atoms with Crippen molar-refractivity contribution in [1.82, 2.24) is 10.2 Å². The summed E-state index contributed by atoms with van der Waals surface area (Å²) < 4.78 is 0. The van der Waals surface area contributed by atoms with Gasteiger partial charge in [-0.2, -0.15) is 0 Å². The molecule has 1 unspecified atom stereocenters. The average Bonchev–Trinajstić information content (AvgIpc) is 2.83. The zero-order valence-electron chi connectivity index (χ0n) is 12.1. The van der Waals surface area contributed by atoms with Gasteiger partial charge in [0.1, 0.15) is 6.04 Å². The van der Waals surface area contributed by atoms with Crippen molar-refractivity contribution in [3.05, 3.63) is 29.3 Å². The molecule has 7 nitrogen and oxygen atoms in total. The van der Waals surface area contributed by atoms with Crippen LogP contribution in [0.4, 0.5) is 5.69 Å². The lowest BCUT2D eigenvalue weighted by Crippen LogP contribution is -2.52. The standard InChI is InChI=1S/C15H18N4O3/c16-6-7-17-11-3-1-2-9-10(11)8-19(15(9)22)12-4-5-13(20)18-14(12)21/h1-3,12,17H,4-8,16H2,(H,18,20,21). The summed E-state index contributed by atoms with van der Waals surface area (Å²) in [6, 6.07) is 4.89. The molecular weight excluding hydrogens is 284 g/mol. The minimum Gasteiger partial charge on any atom is -0.383 e. The molecular formula is C15H18N4O3. The summed E-state index contributed by atoms with van der Waals surface area (Å²) in [5, 5.41) is 5.50. The molecule has 0 spiro atoms. The topological polar surface area (TPSA) is 105 Å². The first-order valence-electron chi connectivity index (χ1n) is 7.32. The lowest BCUT2D eigenvalue weighted by Gasteiger charge is -2.29. The fraction of sp³-hybridized carbons (Fsp3) is 0.400. The third-order valence-electron chi connectivity index (χ3n) is 4.04. The van der Waals surface area contributed by atoms with Crippen LogP contribution < -0.4 is 16.4 Å². The van der Waals surface area contributed by atoms with E-state index in [1.54, 1.807) is 11.0 Å². The van der Waals surface area contributed by atoms with E-state index in [4.69, 9.17) is 5.73 Å². The Hall–Kier alpha value is -2.41. The molecule has 3 rings (SSSR count).